The molecule has 0 atom stereocenters. The van der Waals surface area contributed by atoms with E-state index in [2.05, 4.69) is 0 Å². The Morgan fingerprint density at radius 3 is 1.59 bits per heavy atom. The fraction of sp³-hybridized carbons (Fsp3) is 0.250. The monoisotopic (exact) mass is 627 g/mol. The first-order chi connectivity index (χ1) is 19.0. The zero-order valence-electron chi connectivity index (χ0n) is 20.7. The summed E-state index contributed by atoms with van der Waals surface area (Å²) in [4.78, 5) is 22.9. The van der Waals surface area contributed by atoms with Crippen molar-refractivity contribution in [2.75, 3.05) is 19.7 Å². The van der Waals surface area contributed by atoms with E-state index in [-0.39, 0.29) is 64.0 Å². The van der Waals surface area contributed by atoms with Crippen LogP contribution >= 0.6 is 0 Å². The highest BCUT2D eigenvalue weighted by atomic mass is 32.2. The lowest BCUT2D eigenvalue weighted by molar-refractivity contribution is -0.146. The Kier molecular flexibility index (Phi) is 6.87. The van der Waals surface area contributed by atoms with Crippen molar-refractivity contribution in [1.29, 1.82) is 0 Å². The average Bonchev–Trinajstić information content (AvgIpc) is 2.88. The van der Waals surface area contributed by atoms with E-state index in [0.717, 1.165) is 18.2 Å². The summed E-state index contributed by atoms with van der Waals surface area (Å²) >= 11 is 0. The minimum atomic E-state index is -5.06. The Balaban J connectivity index is 1.72. The van der Waals surface area contributed by atoms with Gasteiger partial charge in [0.15, 0.2) is 6.61 Å². The van der Waals surface area contributed by atoms with Gasteiger partial charge in [-0.3, -0.25) is 23.2 Å². The van der Waals surface area contributed by atoms with Crippen LogP contribution in [-0.4, -0.2) is 80.5 Å². The van der Waals surface area contributed by atoms with Crippen molar-refractivity contribution in [3.63, 3.8) is 0 Å². The average molecular weight is 628 g/mol. The van der Waals surface area contributed by atoms with Gasteiger partial charge in [0.1, 0.15) is 20.4 Å². The molecule has 0 radical (unpaired) electrons. The molecule has 0 aromatic heterocycles. The van der Waals surface area contributed by atoms with E-state index >= 15 is 0 Å². The maximum absolute atomic E-state index is 12.8. The van der Waals surface area contributed by atoms with Crippen LogP contribution < -0.4 is 4.74 Å². The molecule has 1 aliphatic rings. The van der Waals surface area contributed by atoms with E-state index in [0.29, 0.717) is 6.07 Å². The number of aliphatic carboxylic acids is 1. The van der Waals surface area contributed by atoms with Gasteiger partial charge in [0.2, 0.25) is 0 Å². The number of carboxylic acids is 1. The van der Waals surface area contributed by atoms with Gasteiger partial charge in [-0.05, 0) is 25.0 Å². The highest BCUT2D eigenvalue weighted by Gasteiger charge is 2.30. The number of hydrogen-bond donors (Lipinski definition) is 4. The predicted octanol–water partition coefficient (Wildman–Crippen LogP) is 2.03. The fourth-order valence-electron chi connectivity index (χ4n) is 5.23. The second-order valence-electron chi connectivity index (χ2n) is 9.52. The summed E-state index contributed by atoms with van der Waals surface area (Å²) in [6.45, 7) is -0.297. The van der Waals surface area contributed by atoms with Gasteiger partial charge in [0, 0.05) is 51.5 Å². The third kappa shape index (κ3) is 5.15. The van der Waals surface area contributed by atoms with Gasteiger partial charge in [-0.15, -0.1) is 0 Å². The number of ether oxygens (including phenoxy) is 1. The molecule has 1 aliphatic heterocycles. The van der Waals surface area contributed by atoms with E-state index in [4.69, 9.17) is 9.84 Å². The first kappa shape index (κ1) is 28.9. The molecule has 1 saturated heterocycles. The maximum Gasteiger partial charge on any atom is 0.306 e. The van der Waals surface area contributed by atoms with Crippen molar-refractivity contribution >= 4 is 74.5 Å². The smallest absolute Gasteiger partial charge is 0.306 e. The molecule has 0 aliphatic carbocycles. The number of carboxylic acid groups (broad SMARTS) is 1. The predicted molar refractivity (Wildman–Crippen MR) is 142 cm³/mol. The van der Waals surface area contributed by atoms with E-state index < -0.39 is 69.4 Å². The van der Waals surface area contributed by atoms with Crippen LogP contribution in [0.4, 0.5) is 0 Å². The zero-order valence-corrected chi connectivity index (χ0v) is 23.2. The van der Waals surface area contributed by atoms with Crippen molar-refractivity contribution < 1.29 is 58.3 Å². The van der Waals surface area contributed by atoms with Gasteiger partial charge in [0.05, 0.1) is 5.92 Å². The fourth-order valence-corrected chi connectivity index (χ4v) is 7.44. The Morgan fingerprint density at radius 1 is 0.732 bits per heavy atom. The molecule has 4 aromatic rings. The Labute approximate surface area is 232 Å². The lowest BCUT2D eigenvalue weighted by atomic mass is 9.93. The number of amides is 1. The van der Waals surface area contributed by atoms with Crippen molar-refractivity contribution in [3.8, 4) is 5.75 Å². The molecule has 0 saturated carbocycles. The second-order valence-corrected chi connectivity index (χ2v) is 13.7. The Bertz CT molecular complexity index is 2030. The molecule has 17 heteroatoms. The molecule has 0 spiro atoms. The third-order valence-electron chi connectivity index (χ3n) is 7.13. The Hall–Kier alpha value is -3.61. The number of nitrogens with zero attached hydrogens (tertiary/aromatic N) is 1. The standard InChI is InChI=1S/C24H21NO13S3/c26-21(25-7-5-12(6-8-25)24(27)28)11-38-17-9-18(39(29,30)31)14-3-4-16-20(41(35,36)37)10-19(40(32,33)34)15-2-1-13(17)22(14)23(15)16/h1-4,9-10,12H,5-8,11H2,(H,27,28)(H,29,30,31)(H,32,33,34)(H,35,36,37). The normalized spacial score (nSPS) is 15.6. The summed E-state index contributed by atoms with van der Waals surface area (Å²) in [6.07, 6.45) is 0.470. The van der Waals surface area contributed by atoms with Gasteiger partial charge >= 0.3 is 5.97 Å². The first-order valence-electron chi connectivity index (χ1n) is 11.8. The number of benzene rings is 4. The molecule has 218 valence electrons. The lowest BCUT2D eigenvalue weighted by Gasteiger charge is -2.30. The molecule has 41 heavy (non-hydrogen) atoms. The molecule has 0 bridgehead atoms. The van der Waals surface area contributed by atoms with Gasteiger partial charge in [-0.25, -0.2) is 0 Å². The molecule has 4 aromatic carbocycles. The highest BCUT2D eigenvalue weighted by molar-refractivity contribution is 7.87. The van der Waals surface area contributed by atoms with Crippen LogP contribution in [0.25, 0.3) is 32.3 Å². The van der Waals surface area contributed by atoms with Crippen LogP contribution in [-0.2, 0) is 39.9 Å². The molecular weight excluding hydrogens is 606 g/mol. The van der Waals surface area contributed by atoms with Crippen LogP contribution in [0.15, 0.2) is 51.1 Å². The highest BCUT2D eigenvalue weighted by Crippen LogP contribution is 2.45. The molecule has 5 rings (SSSR count). The summed E-state index contributed by atoms with van der Waals surface area (Å²) < 4.78 is 109. The Morgan fingerprint density at radius 2 is 1.15 bits per heavy atom. The van der Waals surface area contributed by atoms with E-state index in [1.54, 1.807) is 0 Å². The molecule has 1 fully saturated rings. The SMILES string of the molecule is O=C(O)C1CCN(C(=O)COc2cc(S(=O)(=O)O)c3ccc4c(S(=O)(=O)O)cc(S(=O)(=O)O)c5ccc2c3c54)CC1. The summed E-state index contributed by atoms with van der Waals surface area (Å²) in [7, 11) is -15.1. The minimum absolute atomic E-state index is 0.0877. The van der Waals surface area contributed by atoms with Crippen LogP contribution in [0.2, 0.25) is 0 Å². The molecule has 4 N–H and O–H groups in total. The number of rotatable bonds is 7. The van der Waals surface area contributed by atoms with Crippen LogP contribution in [0.3, 0.4) is 0 Å². The second kappa shape index (κ2) is 9.74. The van der Waals surface area contributed by atoms with Crippen LogP contribution in [0.5, 0.6) is 5.75 Å². The number of carbonyl (C=O) groups is 2. The molecule has 1 heterocycles. The van der Waals surface area contributed by atoms with Crippen molar-refractivity contribution in [2.45, 2.75) is 27.5 Å². The largest absolute Gasteiger partial charge is 0.483 e. The minimum Gasteiger partial charge on any atom is -0.483 e. The summed E-state index contributed by atoms with van der Waals surface area (Å²) in [5.74, 6) is -2.32. The van der Waals surface area contributed by atoms with Gasteiger partial charge < -0.3 is 14.7 Å². The quantitative estimate of drug-likeness (QED) is 0.170. The summed E-state index contributed by atoms with van der Waals surface area (Å²) in [5, 5.41) is 8.38. The van der Waals surface area contributed by atoms with Gasteiger partial charge in [-0.1, -0.05) is 18.2 Å². The topological polar surface area (TPSA) is 230 Å². The van der Waals surface area contributed by atoms with Gasteiger partial charge in [0.25, 0.3) is 36.3 Å². The molecular formula is C24H21NO13S3. The van der Waals surface area contributed by atoms with E-state index in [1.165, 1.54) is 17.0 Å². The molecule has 14 nitrogen and oxygen atoms in total. The summed E-state index contributed by atoms with van der Waals surface area (Å²) in [6, 6.07) is 6.29. The lowest BCUT2D eigenvalue weighted by Crippen LogP contribution is -2.42. The molecule has 0 unspecified atom stereocenters. The van der Waals surface area contributed by atoms with Crippen molar-refractivity contribution in [2.24, 2.45) is 5.92 Å². The van der Waals surface area contributed by atoms with Gasteiger partial charge in [-0.2, -0.15) is 25.3 Å². The third-order valence-corrected chi connectivity index (χ3v) is 9.81. The van der Waals surface area contributed by atoms with E-state index in [1.807, 2.05) is 0 Å². The number of carbonyl (C=O) groups excluding carboxylic acids is 1. The van der Waals surface area contributed by atoms with Crippen LogP contribution in [0.1, 0.15) is 12.8 Å². The molecule has 1 amide bonds. The van der Waals surface area contributed by atoms with Crippen molar-refractivity contribution in [3.05, 3.63) is 36.4 Å². The van der Waals surface area contributed by atoms with E-state index in [9.17, 15) is 48.5 Å². The number of piperidine rings is 1. The zero-order chi connectivity index (χ0) is 30.1. The van der Waals surface area contributed by atoms with Crippen LogP contribution in [0, 0.1) is 5.92 Å². The maximum atomic E-state index is 12.8. The first-order valence-corrected chi connectivity index (χ1v) is 16.1. The summed E-state index contributed by atoms with van der Waals surface area (Å²) in [5.41, 5.74) is 0. The number of hydrogen-bond acceptors (Lipinski definition) is 9. The van der Waals surface area contributed by atoms with Crippen molar-refractivity contribution in [1.82, 2.24) is 4.90 Å². The number of likely N-dealkylation sites (tertiary alicyclic amines) is 1.